The van der Waals surface area contributed by atoms with Crippen LogP contribution in [0.4, 0.5) is 32.0 Å². The van der Waals surface area contributed by atoms with Gasteiger partial charge in [0.25, 0.3) is 0 Å². The molecule has 142 valence electrons. The number of hydrogen-bond donors (Lipinski definition) is 1. The fourth-order valence-electron chi connectivity index (χ4n) is 2.86. The van der Waals surface area contributed by atoms with Gasteiger partial charge in [-0.05, 0) is 18.2 Å². The van der Waals surface area contributed by atoms with Gasteiger partial charge in [-0.15, -0.1) is 0 Å². The van der Waals surface area contributed by atoms with Crippen molar-refractivity contribution in [2.24, 2.45) is 26.7 Å². The van der Waals surface area contributed by atoms with Gasteiger partial charge in [-0.3, -0.25) is 0 Å². The molecule has 0 spiro atoms. The second-order valence-corrected chi connectivity index (χ2v) is 5.84. The highest BCUT2D eigenvalue weighted by Crippen LogP contribution is 2.37. The fourth-order valence-corrected chi connectivity index (χ4v) is 2.86. The van der Waals surface area contributed by atoms with Crippen LogP contribution in [0, 0.1) is 17.2 Å². The van der Waals surface area contributed by atoms with Gasteiger partial charge in [-0.25, -0.2) is 10.0 Å². The van der Waals surface area contributed by atoms with Crippen LogP contribution in [0.25, 0.3) is 0 Å². The van der Waals surface area contributed by atoms with E-state index in [0.717, 1.165) is 17.1 Å². The molecule has 0 fully saturated rings. The summed E-state index contributed by atoms with van der Waals surface area (Å²) in [5, 5.41) is 13.1. The minimum absolute atomic E-state index is 0.194. The molecule has 0 amide bonds. The van der Waals surface area contributed by atoms with Crippen molar-refractivity contribution in [2.45, 2.75) is 25.3 Å². The van der Waals surface area contributed by atoms with Crippen LogP contribution >= 0.6 is 0 Å². The largest absolute Gasteiger partial charge is 0.431 e. The van der Waals surface area contributed by atoms with E-state index in [1.807, 2.05) is 0 Å². The van der Waals surface area contributed by atoms with Crippen LogP contribution in [0.5, 0.6) is 0 Å². The van der Waals surface area contributed by atoms with Gasteiger partial charge in [0, 0.05) is 5.92 Å². The SMILES string of the molecule is C[C@H]1C(C(F)(F)F)=NN2C(N)=NC(=Nc3ccc(C#N)c(C(F)(F)F)c3)C12. The van der Waals surface area contributed by atoms with Crippen LogP contribution < -0.4 is 5.73 Å². The Morgan fingerprint density at radius 3 is 2.41 bits per heavy atom. The van der Waals surface area contributed by atoms with Crippen molar-refractivity contribution in [3.8, 4) is 6.07 Å². The standard InChI is InChI=1S/C15H10F6N6/c1-6-10-12(25-13(23)27(10)26-11(6)15(19,20)21)24-8-3-2-7(5-22)9(4-8)14(16,17)18/h2-4,6,10H,1H3,(H2,23,24,25)/t6-,10?/m1/s1. The molecule has 3 rings (SSSR count). The number of fused-ring (bicyclic) bond motifs is 1. The van der Waals surface area contributed by atoms with Gasteiger partial charge >= 0.3 is 12.4 Å². The van der Waals surface area contributed by atoms with Gasteiger partial charge < -0.3 is 5.73 Å². The Morgan fingerprint density at radius 1 is 1.19 bits per heavy atom. The molecule has 0 aromatic heterocycles. The maximum atomic E-state index is 13.1. The minimum atomic E-state index is -4.79. The van der Waals surface area contributed by atoms with E-state index in [-0.39, 0.29) is 17.5 Å². The zero-order valence-electron chi connectivity index (χ0n) is 13.5. The Labute approximate surface area is 148 Å². The number of hydrazone groups is 1. The average molecular weight is 388 g/mol. The molecule has 2 heterocycles. The Hall–Kier alpha value is -3.10. The van der Waals surface area contributed by atoms with Crippen molar-refractivity contribution in [3.63, 3.8) is 0 Å². The van der Waals surface area contributed by atoms with Crippen LogP contribution in [0.15, 0.2) is 33.3 Å². The summed E-state index contributed by atoms with van der Waals surface area (Å²) in [6, 6.07) is 3.05. The van der Waals surface area contributed by atoms with Crippen molar-refractivity contribution < 1.29 is 26.3 Å². The lowest BCUT2D eigenvalue weighted by Gasteiger charge is -2.17. The second kappa shape index (κ2) is 5.97. The molecule has 0 bridgehead atoms. The van der Waals surface area contributed by atoms with E-state index < -0.39 is 41.2 Å². The fraction of sp³-hybridized carbons (Fsp3) is 0.333. The van der Waals surface area contributed by atoms with E-state index in [0.29, 0.717) is 6.07 Å². The second-order valence-electron chi connectivity index (χ2n) is 5.84. The lowest BCUT2D eigenvalue weighted by Crippen LogP contribution is -2.39. The summed E-state index contributed by atoms with van der Waals surface area (Å²) in [5.41, 5.74) is 2.48. The Morgan fingerprint density at radius 2 is 1.85 bits per heavy atom. The highest BCUT2D eigenvalue weighted by atomic mass is 19.4. The summed E-state index contributed by atoms with van der Waals surface area (Å²) in [5.74, 6) is -1.70. The van der Waals surface area contributed by atoms with E-state index in [4.69, 9.17) is 11.0 Å². The molecule has 0 saturated heterocycles. The average Bonchev–Trinajstić information content (AvgIpc) is 3.05. The molecule has 2 aliphatic heterocycles. The monoisotopic (exact) mass is 388 g/mol. The van der Waals surface area contributed by atoms with Crippen molar-refractivity contribution in [2.75, 3.05) is 0 Å². The number of nitrogens with two attached hydrogens (primary N) is 1. The minimum Gasteiger partial charge on any atom is -0.368 e. The quantitative estimate of drug-likeness (QED) is 0.750. The highest BCUT2D eigenvalue weighted by Gasteiger charge is 2.52. The third-order valence-corrected chi connectivity index (χ3v) is 4.08. The molecule has 2 N–H and O–H groups in total. The number of aliphatic imine (C=N–C) groups is 2. The predicted octanol–water partition coefficient (Wildman–Crippen LogP) is 3.17. The lowest BCUT2D eigenvalue weighted by molar-refractivity contribution is -0.137. The maximum Gasteiger partial charge on any atom is 0.431 e. The zero-order valence-corrected chi connectivity index (χ0v) is 13.5. The van der Waals surface area contributed by atoms with Gasteiger partial charge in [0.1, 0.15) is 11.8 Å². The molecule has 27 heavy (non-hydrogen) atoms. The van der Waals surface area contributed by atoms with Crippen molar-refractivity contribution in [1.82, 2.24) is 5.01 Å². The Balaban J connectivity index is 2.02. The Kier molecular flexibility index (Phi) is 4.13. The van der Waals surface area contributed by atoms with Crippen LogP contribution in [0.2, 0.25) is 0 Å². The number of guanidine groups is 1. The third-order valence-electron chi connectivity index (χ3n) is 4.08. The van der Waals surface area contributed by atoms with E-state index >= 15 is 0 Å². The first-order chi connectivity index (χ1) is 12.4. The Bertz CT molecular complexity index is 920. The molecule has 12 heteroatoms. The van der Waals surface area contributed by atoms with Gasteiger partial charge in [0.05, 0.1) is 22.9 Å². The van der Waals surface area contributed by atoms with E-state index in [9.17, 15) is 26.3 Å². The van der Waals surface area contributed by atoms with E-state index in [2.05, 4.69) is 15.1 Å². The molecule has 0 aliphatic carbocycles. The van der Waals surface area contributed by atoms with Crippen LogP contribution in [-0.4, -0.2) is 34.7 Å². The molecule has 1 unspecified atom stereocenters. The summed E-state index contributed by atoms with van der Waals surface area (Å²) in [6.45, 7) is 1.25. The summed E-state index contributed by atoms with van der Waals surface area (Å²) >= 11 is 0. The number of nitriles is 1. The molecular weight excluding hydrogens is 378 g/mol. The highest BCUT2D eigenvalue weighted by molar-refractivity contribution is 6.11. The van der Waals surface area contributed by atoms with Gasteiger partial charge in [-0.1, -0.05) is 6.92 Å². The normalized spacial score (nSPS) is 23.9. The number of amidine groups is 1. The number of halogens is 6. The first-order valence-electron chi connectivity index (χ1n) is 7.42. The lowest BCUT2D eigenvalue weighted by atomic mass is 9.97. The van der Waals surface area contributed by atoms with Gasteiger partial charge in [0.15, 0.2) is 5.84 Å². The number of hydrogen-bond acceptors (Lipinski definition) is 5. The first kappa shape index (κ1) is 18.7. The summed E-state index contributed by atoms with van der Waals surface area (Å²) in [7, 11) is 0. The number of alkyl halides is 6. The molecule has 0 saturated carbocycles. The van der Waals surface area contributed by atoms with Crippen LogP contribution in [-0.2, 0) is 6.18 Å². The number of rotatable bonds is 1. The van der Waals surface area contributed by atoms with E-state index in [1.165, 1.54) is 13.0 Å². The summed E-state index contributed by atoms with van der Waals surface area (Å²) in [6.07, 6.45) is -9.48. The van der Waals surface area contributed by atoms with Crippen LogP contribution in [0.3, 0.4) is 0 Å². The van der Waals surface area contributed by atoms with Crippen molar-refractivity contribution >= 4 is 23.2 Å². The molecule has 6 nitrogen and oxygen atoms in total. The number of nitrogens with zero attached hydrogens (tertiary/aromatic N) is 5. The molecule has 2 atom stereocenters. The summed E-state index contributed by atoms with van der Waals surface area (Å²) in [4.78, 5) is 7.74. The molecule has 2 aliphatic rings. The van der Waals surface area contributed by atoms with E-state index in [1.54, 1.807) is 0 Å². The van der Waals surface area contributed by atoms with Crippen LogP contribution in [0.1, 0.15) is 18.1 Å². The molecule has 1 aromatic carbocycles. The molecular formula is C15H10F6N6. The van der Waals surface area contributed by atoms with Crippen molar-refractivity contribution in [1.29, 1.82) is 5.26 Å². The van der Waals surface area contributed by atoms with Gasteiger partial charge in [-0.2, -0.15) is 41.7 Å². The first-order valence-corrected chi connectivity index (χ1v) is 7.42. The zero-order chi connectivity index (χ0) is 20.1. The topological polar surface area (TPSA) is 90.1 Å². The van der Waals surface area contributed by atoms with Crippen molar-refractivity contribution in [3.05, 3.63) is 29.3 Å². The third kappa shape index (κ3) is 3.20. The molecule has 1 aromatic rings. The van der Waals surface area contributed by atoms with Gasteiger partial charge in [0.2, 0.25) is 5.96 Å². The summed E-state index contributed by atoms with van der Waals surface area (Å²) < 4.78 is 78.3. The smallest absolute Gasteiger partial charge is 0.368 e. The maximum absolute atomic E-state index is 13.1. The number of benzene rings is 1. The molecule has 0 radical (unpaired) electrons. The predicted molar refractivity (Wildman–Crippen MR) is 83.2 cm³/mol.